The molecule has 2 heterocycles. The van der Waals surface area contributed by atoms with Gasteiger partial charge in [0.2, 0.25) is 0 Å². The molecule has 0 aromatic heterocycles. The third kappa shape index (κ3) is 0.740. The molecule has 0 saturated carbocycles. The molecule has 2 rings (SSSR count). The van der Waals surface area contributed by atoms with E-state index in [2.05, 4.69) is 10.0 Å². The molecule has 0 unspecified atom stereocenters. The van der Waals surface area contributed by atoms with Gasteiger partial charge in [-0.2, -0.15) is 0 Å². The van der Waals surface area contributed by atoms with Gasteiger partial charge in [-0.25, -0.2) is 10.0 Å². The van der Waals surface area contributed by atoms with Crippen molar-refractivity contribution in [1.29, 1.82) is 0 Å². The molecule has 2 heteroatoms. The summed E-state index contributed by atoms with van der Waals surface area (Å²) in [7, 11) is 0. The summed E-state index contributed by atoms with van der Waals surface area (Å²) < 4.78 is 0. The van der Waals surface area contributed by atoms with Crippen molar-refractivity contribution in [1.82, 2.24) is 10.0 Å². The fraction of sp³-hybridized carbons (Fsp3) is 1.00. The number of hydrogen-bond acceptors (Lipinski definition) is 2. The van der Waals surface area contributed by atoms with Gasteiger partial charge >= 0.3 is 0 Å². The van der Waals surface area contributed by atoms with Gasteiger partial charge in [0.15, 0.2) is 0 Å². The largest absolute Gasteiger partial charge is 0.242 e. The molecule has 0 aromatic carbocycles. The predicted molar refractivity (Wildman–Crippen MR) is 32.4 cm³/mol. The normalized spacial score (nSPS) is 31.5. The zero-order chi connectivity index (χ0) is 5.40. The van der Waals surface area contributed by atoms with E-state index in [-0.39, 0.29) is 0 Å². The van der Waals surface area contributed by atoms with E-state index >= 15 is 0 Å². The number of hydrogen-bond donors (Lipinski definition) is 0. The van der Waals surface area contributed by atoms with Crippen LogP contribution in [0.15, 0.2) is 0 Å². The lowest BCUT2D eigenvalue weighted by atomic mass is 10.4. The van der Waals surface area contributed by atoms with E-state index in [1.807, 2.05) is 0 Å². The molecule has 2 saturated heterocycles. The molecule has 0 bridgehead atoms. The van der Waals surface area contributed by atoms with E-state index in [1.165, 1.54) is 39.0 Å². The summed E-state index contributed by atoms with van der Waals surface area (Å²) in [4.78, 5) is 0. The van der Waals surface area contributed by atoms with Crippen LogP contribution in [-0.2, 0) is 0 Å². The Kier molecular flexibility index (Phi) is 1.02. The molecule has 0 spiro atoms. The monoisotopic (exact) mass is 112 g/mol. The maximum absolute atomic E-state index is 2.47. The molecule has 0 N–H and O–H groups in total. The quantitative estimate of drug-likeness (QED) is 0.450. The SMILES string of the molecule is C1CCN(N2CC2)C1. The van der Waals surface area contributed by atoms with Crippen LogP contribution in [0.2, 0.25) is 0 Å². The fourth-order valence-corrected chi connectivity index (χ4v) is 1.31. The first-order chi connectivity index (χ1) is 3.97. The Balaban J connectivity index is 1.86. The molecular formula is C6H12N2. The van der Waals surface area contributed by atoms with Crippen molar-refractivity contribution in [2.75, 3.05) is 26.2 Å². The molecule has 2 nitrogen and oxygen atoms in total. The average Bonchev–Trinajstić information content (AvgIpc) is 2.49. The smallest absolute Gasteiger partial charge is 0.0275 e. The molecule has 2 aliphatic heterocycles. The van der Waals surface area contributed by atoms with E-state index in [1.54, 1.807) is 0 Å². The number of rotatable bonds is 1. The van der Waals surface area contributed by atoms with Crippen molar-refractivity contribution >= 4 is 0 Å². The first-order valence-electron chi connectivity index (χ1n) is 3.46. The van der Waals surface area contributed by atoms with Crippen LogP contribution < -0.4 is 0 Å². The Labute approximate surface area is 50.0 Å². The molecule has 0 atom stereocenters. The van der Waals surface area contributed by atoms with Gasteiger partial charge < -0.3 is 0 Å². The maximum atomic E-state index is 2.47. The molecular weight excluding hydrogens is 100 g/mol. The highest BCUT2D eigenvalue weighted by Gasteiger charge is 2.26. The van der Waals surface area contributed by atoms with Gasteiger partial charge in [0, 0.05) is 26.2 Å². The second-order valence-corrected chi connectivity index (χ2v) is 2.61. The van der Waals surface area contributed by atoms with Gasteiger partial charge in [-0.05, 0) is 12.8 Å². The van der Waals surface area contributed by atoms with E-state index < -0.39 is 0 Å². The van der Waals surface area contributed by atoms with Crippen molar-refractivity contribution in [2.24, 2.45) is 0 Å². The summed E-state index contributed by atoms with van der Waals surface area (Å²) in [6, 6.07) is 0. The minimum absolute atomic E-state index is 1.32. The second-order valence-electron chi connectivity index (χ2n) is 2.61. The van der Waals surface area contributed by atoms with E-state index in [0.717, 1.165) is 0 Å². The first kappa shape index (κ1) is 4.77. The predicted octanol–water partition coefficient (Wildman–Crippen LogP) is 0.313. The summed E-state index contributed by atoms with van der Waals surface area (Å²) in [6.07, 6.45) is 2.83. The summed E-state index contributed by atoms with van der Waals surface area (Å²) >= 11 is 0. The zero-order valence-corrected chi connectivity index (χ0v) is 5.14. The summed E-state index contributed by atoms with van der Waals surface area (Å²) in [5.74, 6) is 0. The van der Waals surface area contributed by atoms with Crippen LogP contribution in [0.4, 0.5) is 0 Å². The van der Waals surface area contributed by atoms with Gasteiger partial charge in [-0.1, -0.05) is 0 Å². The summed E-state index contributed by atoms with van der Waals surface area (Å²) in [5.41, 5.74) is 0. The Morgan fingerprint density at radius 2 is 1.12 bits per heavy atom. The Hall–Kier alpha value is -0.0800. The average molecular weight is 112 g/mol. The highest BCUT2D eigenvalue weighted by Crippen LogP contribution is 2.16. The van der Waals surface area contributed by atoms with Crippen LogP contribution in [0.1, 0.15) is 12.8 Å². The molecule has 0 amide bonds. The highest BCUT2D eigenvalue weighted by atomic mass is 15.7. The topological polar surface area (TPSA) is 6.25 Å². The lowest BCUT2D eigenvalue weighted by molar-refractivity contribution is 0.124. The standard InChI is InChI=1S/C6H12N2/c1-2-4-7(3-1)8-5-6-8/h1-6H2. The maximum Gasteiger partial charge on any atom is 0.0275 e. The van der Waals surface area contributed by atoms with Crippen LogP contribution >= 0.6 is 0 Å². The first-order valence-corrected chi connectivity index (χ1v) is 3.46. The van der Waals surface area contributed by atoms with Gasteiger partial charge in [-0.15, -0.1) is 0 Å². The van der Waals surface area contributed by atoms with Crippen molar-refractivity contribution in [3.05, 3.63) is 0 Å². The highest BCUT2D eigenvalue weighted by molar-refractivity contribution is 4.74. The van der Waals surface area contributed by atoms with Crippen molar-refractivity contribution in [3.8, 4) is 0 Å². The van der Waals surface area contributed by atoms with E-state index in [4.69, 9.17) is 0 Å². The van der Waals surface area contributed by atoms with Gasteiger partial charge in [0.1, 0.15) is 0 Å². The third-order valence-electron chi connectivity index (χ3n) is 1.91. The lowest BCUT2D eigenvalue weighted by Gasteiger charge is -2.13. The lowest BCUT2D eigenvalue weighted by Crippen LogP contribution is -2.25. The third-order valence-corrected chi connectivity index (χ3v) is 1.91. The van der Waals surface area contributed by atoms with E-state index in [0.29, 0.717) is 0 Å². The van der Waals surface area contributed by atoms with Crippen LogP contribution in [0.3, 0.4) is 0 Å². The summed E-state index contributed by atoms with van der Waals surface area (Å²) in [6.45, 7) is 5.28. The second kappa shape index (κ2) is 1.71. The molecule has 2 fully saturated rings. The molecule has 2 aliphatic rings. The Bertz CT molecular complexity index is 82.5. The fourth-order valence-electron chi connectivity index (χ4n) is 1.31. The zero-order valence-electron chi connectivity index (χ0n) is 5.14. The van der Waals surface area contributed by atoms with Gasteiger partial charge in [0.25, 0.3) is 0 Å². The minimum Gasteiger partial charge on any atom is -0.242 e. The van der Waals surface area contributed by atoms with Crippen LogP contribution in [0.25, 0.3) is 0 Å². The van der Waals surface area contributed by atoms with Crippen LogP contribution in [0.5, 0.6) is 0 Å². The number of hydrazine groups is 1. The molecule has 0 radical (unpaired) electrons. The van der Waals surface area contributed by atoms with Crippen LogP contribution in [-0.4, -0.2) is 36.2 Å². The van der Waals surface area contributed by atoms with Gasteiger partial charge in [-0.3, -0.25) is 0 Å². The minimum atomic E-state index is 1.32. The Morgan fingerprint density at radius 1 is 0.625 bits per heavy atom. The molecule has 8 heavy (non-hydrogen) atoms. The number of nitrogens with zero attached hydrogens (tertiary/aromatic N) is 2. The van der Waals surface area contributed by atoms with Crippen molar-refractivity contribution < 1.29 is 0 Å². The van der Waals surface area contributed by atoms with Crippen LogP contribution in [0, 0.1) is 0 Å². The molecule has 46 valence electrons. The van der Waals surface area contributed by atoms with E-state index in [9.17, 15) is 0 Å². The van der Waals surface area contributed by atoms with Crippen molar-refractivity contribution in [2.45, 2.75) is 12.8 Å². The Morgan fingerprint density at radius 3 is 1.62 bits per heavy atom. The van der Waals surface area contributed by atoms with Crippen molar-refractivity contribution in [3.63, 3.8) is 0 Å². The summed E-state index contributed by atoms with van der Waals surface area (Å²) in [5, 5.41) is 4.90. The molecule has 0 aromatic rings. The van der Waals surface area contributed by atoms with Gasteiger partial charge in [0.05, 0.1) is 0 Å². The molecule has 0 aliphatic carbocycles.